The number of amides is 1. The molecule has 1 rings (SSSR count). The van der Waals surface area contributed by atoms with Gasteiger partial charge in [0.15, 0.2) is 0 Å². The summed E-state index contributed by atoms with van der Waals surface area (Å²) in [4.78, 5) is 10.5. The number of carbonyl (C=O) groups is 1. The molecular weight excluding hydrogens is 314 g/mol. The summed E-state index contributed by atoms with van der Waals surface area (Å²) in [6.45, 7) is 0.363. The monoisotopic (exact) mass is 335 g/mol. The van der Waals surface area contributed by atoms with Gasteiger partial charge in [0.1, 0.15) is 5.82 Å². The topological polar surface area (TPSA) is 52.3 Å². The van der Waals surface area contributed by atoms with Crippen molar-refractivity contribution in [3.63, 3.8) is 0 Å². The lowest BCUT2D eigenvalue weighted by atomic mass is 10.1. The fraction of sp³-hybridized carbons (Fsp3) is 0.562. The number of alkyl halides is 3. The van der Waals surface area contributed by atoms with E-state index < -0.39 is 17.6 Å². The average Bonchev–Trinajstić information content (AvgIpc) is 2.45. The summed E-state index contributed by atoms with van der Waals surface area (Å²) in [6, 6.07) is 2.43. The van der Waals surface area contributed by atoms with Crippen LogP contribution in [0.1, 0.15) is 49.7 Å². The second kappa shape index (κ2) is 9.50. The van der Waals surface area contributed by atoms with Crippen molar-refractivity contribution in [3.05, 3.63) is 35.1 Å². The van der Waals surface area contributed by atoms with Crippen LogP contribution >= 0.6 is 0 Å². The first kappa shape index (κ1) is 19.4. The van der Waals surface area contributed by atoms with Gasteiger partial charge in [-0.1, -0.05) is 25.3 Å². The Hall–Kier alpha value is -1.63. The molecule has 130 valence electrons. The summed E-state index contributed by atoms with van der Waals surface area (Å²) in [7, 11) is 0. The summed E-state index contributed by atoms with van der Waals surface area (Å²) < 4.78 is 56.0. The van der Waals surface area contributed by atoms with E-state index in [4.69, 9.17) is 10.5 Å². The molecule has 0 unspecified atom stereocenters. The molecule has 0 spiro atoms. The Morgan fingerprint density at radius 1 is 1.09 bits per heavy atom. The number of primary amides is 1. The molecule has 0 aliphatic rings. The first-order valence-corrected chi connectivity index (χ1v) is 7.52. The quantitative estimate of drug-likeness (QED) is 0.515. The van der Waals surface area contributed by atoms with Gasteiger partial charge in [0.25, 0.3) is 0 Å². The molecule has 0 saturated carbocycles. The van der Waals surface area contributed by atoms with E-state index in [-0.39, 0.29) is 18.1 Å². The van der Waals surface area contributed by atoms with E-state index in [0.29, 0.717) is 19.1 Å². The van der Waals surface area contributed by atoms with Gasteiger partial charge < -0.3 is 10.5 Å². The van der Waals surface area contributed by atoms with Crippen LogP contribution in [0.2, 0.25) is 0 Å². The highest BCUT2D eigenvalue weighted by atomic mass is 19.4. The van der Waals surface area contributed by atoms with E-state index in [9.17, 15) is 22.4 Å². The number of nitrogens with two attached hydrogens (primary N) is 1. The van der Waals surface area contributed by atoms with Crippen LogP contribution in [0.25, 0.3) is 0 Å². The van der Waals surface area contributed by atoms with Crippen molar-refractivity contribution < 1.29 is 27.1 Å². The molecule has 0 aliphatic heterocycles. The number of benzene rings is 1. The Morgan fingerprint density at radius 3 is 2.35 bits per heavy atom. The lowest BCUT2D eigenvalue weighted by molar-refractivity contribution is -0.137. The van der Waals surface area contributed by atoms with Crippen LogP contribution in [-0.2, 0) is 22.3 Å². The maximum absolute atomic E-state index is 13.5. The number of halogens is 4. The van der Waals surface area contributed by atoms with Crippen molar-refractivity contribution in [1.29, 1.82) is 0 Å². The minimum atomic E-state index is -4.55. The number of carbonyl (C=O) groups excluding carboxylic acids is 1. The van der Waals surface area contributed by atoms with Gasteiger partial charge in [-0.3, -0.25) is 4.79 Å². The Balaban J connectivity index is 2.18. The lowest BCUT2D eigenvalue weighted by Gasteiger charge is -2.09. The van der Waals surface area contributed by atoms with Gasteiger partial charge in [-0.15, -0.1) is 0 Å². The minimum absolute atomic E-state index is 0.0500. The van der Waals surface area contributed by atoms with E-state index in [1.165, 1.54) is 0 Å². The van der Waals surface area contributed by atoms with E-state index in [1.807, 2.05) is 0 Å². The van der Waals surface area contributed by atoms with E-state index in [1.54, 1.807) is 0 Å². The number of rotatable bonds is 10. The summed E-state index contributed by atoms with van der Waals surface area (Å²) in [5.41, 5.74) is 4.13. The third kappa shape index (κ3) is 7.97. The zero-order chi connectivity index (χ0) is 17.3. The summed E-state index contributed by atoms with van der Waals surface area (Å²) in [5, 5.41) is 0. The van der Waals surface area contributed by atoms with Crippen LogP contribution in [0.3, 0.4) is 0 Å². The Morgan fingerprint density at radius 2 is 1.74 bits per heavy atom. The second-order valence-corrected chi connectivity index (χ2v) is 5.34. The van der Waals surface area contributed by atoms with Gasteiger partial charge in [-0.05, 0) is 25.0 Å². The highest BCUT2D eigenvalue weighted by Crippen LogP contribution is 2.30. The Labute approximate surface area is 132 Å². The first-order chi connectivity index (χ1) is 10.8. The summed E-state index contributed by atoms with van der Waals surface area (Å²) >= 11 is 0. The molecule has 1 amide bonds. The van der Waals surface area contributed by atoms with Crippen LogP contribution < -0.4 is 5.73 Å². The van der Waals surface area contributed by atoms with Gasteiger partial charge >= 0.3 is 6.18 Å². The fourth-order valence-corrected chi connectivity index (χ4v) is 2.06. The molecule has 7 heteroatoms. The van der Waals surface area contributed by atoms with Gasteiger partial charge in [-0.25, -0.2) is 4.39 Å². The van der Waals surface area contributed by atoms with Gasteiger partial charge in [-0.2, -0.15) is 13.2 Å². The lowest BCUT2D eigenvalue weighted by Crippen LogP contribution is -2.09. The molecule has 0 bridgehead atoms. The molecule has 0 radical (unpaired) electrons. The van der Waals surface area contributed by atoms with Gasteiger partial charge in [0.2, 0.25) is 5.91 Å². The second-order valence-electron chi connectivity index (χ2n) is 5.34. The van der Waals surface area contributed by atoms with E-state index in [0.717, 1.165) is 44.2 Å². The summed E-state index contributed by atoms with van der Waals surface area (Å²) in [6.07, 6.45) is 0.167. The van der Waals surface area contributed by atoms with Crippen molar-refractivity contribution in [2.75, 3.05) is 6.61 Å². The third-order valence-corrected chi connectivity index (χ3v) is 3.35. The molecule has 3 nitrogen and oxygen atoms in total. The molecule has 1 aromatic carbocycles. The first-order valence-electron chi connectivity index (χ1n) is 7.52. The molecule has 2 N–H and O–H groups in total. The molecule has 1 aromatic rings. The van der Waals surface area contributed by atoms with Gasteiger partial charge in [0.05, 0.1) is 12.2 Å². The Bertz CT molecular complexity index is 503. The average molecular weight is 335 g/mol. The van der Waals surface area contributed by atoms with E-state index in [2.05, 4.69) is 0 Å². The molecule has 0 saturated heterocycles. The molecule has 0 fully saturated rings. The fourth-order valence-electron chi connectivity index (χ4n) is 2.06. The zero-order valence-electron chi connectivity index (χ0n) is 12.8. The molecule has 0 atom stereocenters. The molecule has 0 aliphatic carbocycles. The molecular formula is C16H21F4NO2. The third-order valence-electron chi connectivity index (χ3n) is 3.35. The molecule has 0 heterocycles. The van der Waals surface area contributed by atoms with Crippen LogP contribution in [-0.4, -0.2) is 12.5 Å². The number of unbranched alkanes of at least 4 members (excludes halogenated alkanes) is 4. The SMILES string of the molecule is NC(=O)CCCCCCCOCc1ccc(C(F)(F)F)cc1F. The number of hydrogen-bond acceptors (Lipinski definition) is 2. The number of ether oxygens (including phenoxy) is 1. The predicted octanol–water partition coefficient (Wildman–Crippen LogP) is 4.19. The maximum atomic E-state index is 13.5. The largest absolute Gasteiger partial charge is 0.416 e. The van der Waals surface area contributed by atoms with E-state index >= 15 is 0 Å². The van der Waals surface area contributed by atoms with Crippen molar-refractivity contribution in [3.8, 4) is 0 Å². The van der Waals surface area contributed by atoms with Gasteiger partial charge in [0, 0.05) is 18.6 Å². The van der Waals surface area contributed by atoms with Crippen molar-refractivity contribution in [1.82, 2.24) is 0 Å². The smallest absolute Gasteiger partial charge is 0.377 e. The van der Waals surface area contributed by atoms with Crippen molar-refractivity contribution in [2.24, 2.45) is 5.73 Å². The number of hydrogen-bond donors (Lipinski definition) is 1. The highest BCUT2D eigenvalue weighted by molar-refractivity contribution is 5.73. The summed E-state index contributed by atoms with van der Waals surface area (Å²) in [5.74, 6) is -1.21. The highest BCUT2D eigenvalue weighted by Gasteiger charge is 2.31. The van der Waals surface area contributed by atoms with Crippen LogP contribution in [0.4, 0.5) is 17.6 Å². The van der Waals surface area contributed by atoms with Crippen LogP contribution in [0.5, 0.6) is 0 Å². The predicted molar refractivity (Wildman–Crippen MR) is 78.0 cm³/mol. The zero-order valence-corrected chi connectivity index (χ0v) is 12.8. The maximum Gasteiger partial charge on any atom is 0.416 e. The van der Waals surface area contributed by atoms with Crippen molar-refractivity contribution in [2.45, 2.75) is 51.3 Å². The Kier molecular flexibility index (Phi) is 8.02. The van der Waals surface area contributed by atoms with Crippen LogP contribution in [0, 0.1) is 5.82 Å². The normalized spacial score (nSPS) is 11.7. The van der Waals surface area contributed by atoms with Crippen LogP contribution in [0.15, 0.2) is 18.2 Å². The molecule has 0 aromatic heterocycles. The molecule has 23 heavy (non-hydrogen) atoms. The minimum Gasteiger partial charge on any atom is -0.377 e. The van der Waals surface area contributed by atoms with Crippen molar-refractivity contribution >= 4 is 5.91 Å². The standard InChI is InChI=1S/C16H21F4NO2/c17-14-10-13(16(18,19)20)8-7-12(14)11-23-9-5-3-1-2-4-6-15(21)22/h7-8,10H,1-6,9,11H2,(H2,21,22).